The summed E-state index contributed by atoms with van der Waals surface area (Å²) < 4.78 is 11.3. The number of benzene rings is 1. The van der Waals surface area contributed by atoms with E-state index in [1.54, 1.807) is 0 Å². The van der Waals surface area contributed by atoms with Gasteiger partial charge in [0.05, 0.1) is 6.04 Å². The molecule has 3 heteroatoms. The summed E-state index contributed by atoms with van der Waals surface area (Å²) in [5, 5.41) is 1.15. The maximum Gasteiger partial charge on any atom is 0.137 e. The van der Waals surface area contributed by atoms with Gasteiger partial charge in [-0.1, -0.05) is 18.2 Å². The van der Waals surface area contributed by atoms with E-state index < -0.39 is 0 Å². The molecule has 1 aromatic heterocycles. The van der Waals surface area contributed by atoms with E-state index in [1.807, 2.05) is 0 Å². The molecule has 1 fully saturated rings. The molecule has 0 spiro atoms. The van der Waals surface area contributed by atoms with Crippen LogP contribution in [0.1, 0.15) is 30.2 Å². The second-order valence-electron chi connectivity index (χ2n) is 5.12. The third-order valence-corrected chi connectivity index (χ3v) is 3.86. The van der Waals surface area contributed by atoms with Gasteiger partial charge in [-0.05, 0) is 37.3 Å². The fourth-order valence-electron chi connectivity index (χ4n) is 2.70. The second-order valence-corrected chi connectivity index (χ2v) is 5.12. The Morgan fingerprint density at radius 3 is 2.78 bits per heavy atom. The summed E-state index contributed by atoms with van der Waals surface area (Å²) >= 11 is 0. The first-order valence-electron chi connectivity index (χ1n) is 6.58. The van der Waals surface area contributed by atoms with Crippen LogP contribution < -0.4 is 5.73 Å². The molecular weight excluding hydrogens is 226 g/mol. The Labute approximate surface area is 107 Å². The zero-order valence-corrected chi connectivity index (χ0v) is 10.7. The minimum atomic E-state index is -0.0132. The van der Waals surface area contributed by atoms with Gasteiger partial charge < -0.3 is 14.9 Å². The maximum atomic E-state index is 6.33. The number of hydrogen-bond acceptors (Lipinski definition) is 3. The zero-order chi connectivity index (χ0) is 12.5. The molecule has 0 aliphatic carbocycles. The Hall–Kier alpha value is -1.32. The van der Waals surface area contributed by atoms with Gasteiger partial charge in [-0.2, -0.15) is 0 Å². The lowest BCUT2D eigenvalue weighted by Gasteiger charge is -2.26. The molecule has 1 saturated heterocycles. The van der Waals surface area contributed by atoms with Gasteiger partial charge in [-0.15, -0.1) is 0 Å². The van der Waals surface area contributed by atoms with Gasteiger partial charge in [0, 0.05) is 18.6 Å². The predicted octanol–water partition coefficient (Wildman–Crippen LogP) is 3.17. The number of fused-ring (bicyclic) bond motifs is 1. The highest BCUT2D eigenvalue weighted by molar-refractivity contribution is 5.81. The number of nitrogens with two attached hydrogens (primary N) is 1. The molecule has 1 atom stereocenters. The highest BCUT2D eigenvalue weighted by atomic mass is 16.5. The van der Waals surface area contributed by atoms with Crippen molar-refractivity contribution in [3.8, 4) is 0 Å². The van der Waals surface area contributed by atoms with Crippen LogP contribution >= 0.6 is 0 Å². The number of ether oxygens (including phenoxy) is 1. The molecule has 3 rings (SSSR count). The molecule has 3 nitrogen and oxygen atoms in total. The summed E-state index contributed by atoms with van der Waals surface area (Å²) in [4.78, 5) is 0. The van der Waals surface area contributed by atoms with Gasteiger partial charge in [0.2, 0.25) is 0 Å². The van der Waals surface area contributed by atoms with Gasteiger partial charge in [-0.25, -0.2) is 0 Å². The third kappa shape index (κ3) is 2.04. The van der Waals surface area contributed by atoms with Crippen LogP contribution in [-0.2, 0) is 4.74 Å². The van der Waals surface area contributed by atoms with Crippen molar-refractivity contribution < 1.29 is 9.15 Å². The topological polar surface area (TPSA) is 48.4 Å². The van der Waals surface area contributed by atoms with E-state index in [2.05, 4.69) is 31.2 Å². The number of aryl methyl sites for hydroxylation is 1. The average Bonchev–Trinajstić information content (AvgIpc) is 2.84. The Bertz CT molecular complexity index is 540. The van der Waals surface area contributed by atoms with Crippen molar-refractivity contribution in [2.24, 2.45) is 11.7 Å². The first-order valence-corrected chi connectivity index (χ1v) is 6.58. The van der Waals surface area contributed by atoms with Crippen molar-refractivity contribution in [2.45, 2.75) is 25.8 Å². The molecule has 0 amide bonds. The van der Waals surface area contributed by atoms with Crippen LogP contribution in [0.25, 0.3) is 11.0 Å². The summed E-state index contributed by atoms with van der Waals surface area (Å²) in [6.07, 6.45) is 2.05. The number of rotatable bonds is 2. The van der Waals surface area contributed by atoms with Crippen LogP contribution in [0.3, 0.4) is 0 Å². The molecule has 2 aromatic rings. The van der Waals surface area contributed by atoms with E-state index in [-0.39, 0.29) is 6.04 Å². The molecule has 2 N–H and O–H groups in total. The van der Waals surface area contributed by atoms with E-state index >= 15 is 0 Å². The first kappa shape index (κ1) is 11.8. The highest BCUT2D eigenvalue weighted by Crippen LogP contribution is 2.32. The molecule has 0 radical (unpaired) electrons. The largest absolute Gasteiger partial charge is 0.459 e. The van der Waals surface area contributed by atoms with Gasteiger partial charge in [-0.3, -0.25) is 0 Å². The number of hydrogen-bond donors (Lipinski definition) is 1. The molecule has 1 unspecified atom stereocenters. The van der Waals surface area contributed by atoms with E-state index in [4.69, 9.17) is 14.9 Å². The van der Waals surface area contributed by atoms with Crippen LogP contribution in [0.15, 0.2) is 28.7 Å². The summed E-state index contributed by atoms with van der Waals surface area (Å²) in [7, 11) is 0. The molecule has 1 aliphatic rings. The van der Waals surface area contributed by atoms with Gasteiger partial charge >= 0.3 is 0 Å². The van der Waals surface area contributed by atoms with Crippen LogP contribution in [0.4, 0.5) is 0 Å². The second kappa shape index (κ2) is 4.75. The zero-order valence-electron chi connectivity index (χ0n) is 10.7. The monoisotopic (exact) mass is 245 g/mol. The minimum Gasteiger partial charge on any atom is -0.459 e. The van der Waals surface area contributed by atoms with Crippen LogP contribution in [0, 0.1) is 12.8 Å². The highest BCUT2D eigenvalue weighted by Gasteiger charge is 2.25. The van der Waals surface area contributed by atoms with Gasteiger partial charge in [0.1, 0.15) is 11.3 Å². The van der Waals surface area contributed by atoms with E-state index in [0.29, 0.717) is 5.92 Å². The van der Waals surface area contributed by atoms with Crippen molar-refractivity contribution in [3.05, 3.63) is 35.6 Å². The lowest BCUT2D eigenvalue weighted by atomic mass is 9.91. The molecule has 18 heavy (non-hydrogen) atoms. The third-order valence-electron chi connectivity index (χ3n) is 3.86. The molecule has 1 aliphatic heterocycles. The molecule has 96 valence electrons. The predicted molar refractivity (Wildman–Crippen MR) is 71.4 cm³/mol. The van der Waals surface area contributed by atoms with Crippen LogP contribution in [-0.4, -0.2) is 13.2 Å². The van der Waals surface area contributed by atoms with E-state index in [9.17, 15) is 0 Å². The van der Waals surface area contributed by atoms with Crippen LogP contribution in [0.5, 0.6) is 0 Å². The summed E-state index contributed by atoms with van der Waals surface area (Å²) in [6.45, 7) is 3.70. The normalized spacial score (nSPS) is 19.2. The smallest absolute Gasteiger partial charge is 0.137 e. The SMILES string of the molecule is Cc1cccc2cc(C(N)C3CCOCC3)oc12. The standard InChI is InChI=1S/C15H19NO2/c1-10-3-2-4-12-9-13(18-15(10)12)14(16)11-5-7-17-8-6-11/h2-4,9,11,14H,5-8,16H2,1H3. The summed E-state index contributed by atoms with van der Waals surface area (Å²) in [5.41, 5.74) is 8.47. The number of para-hydroxylation sites is 1. The molecule has 1 aromatic carbocycles. The molecule has 2 heterocycles. The number of furan rings is 1. The van der Waals surface area contributed by atoms with Crippen LogP contribution in [0.2, 0.25) is 0 Å². The summed E-state index contributed by atoms with van der Waals surface area (Å²) in [5.74, 6) is 1.38. The fraction of sp³-hybridized carbons (Fsp3) is 0.467. The average molecular weight is 245 g/mol. The maximum absolute atomic E-state index is 6.33. The molecule has 0 saturated carbocycles. The Morgan fingerprint density at radius 2 is 2.06 bits per heavy atom. The molecular formula is C15H19NO2. The Morgan fingerprint density at radius 1 is 1.28 bits per heavy atom. The van der Waals surface area contributed by atoms with Gasteiger partial charge in [0.15, 0.2) is 0 Å². The van der Waals surface area contributed by atoms with E-state index in [0.717, 1.165) is 48.3 Å². The summed E-state index contributed by atoms with van der Waals surface area (Å²) in [6, 6.07) is 8.27. The minimum absolute atomic E-state index is 0.0132. The van der Waals surface area contributed by atoms with Crippen molar-refractivity contribution in [1.82, 2.24) is 0 Å². The molecule has 0 bridgehead atoms. The van der Waals surface area contributed by atoms with Crippen molar-refractivity contribution in [3.63, 3.8) is 0 Å². The fourth-order valence-corrected chi connectivity index (χ4v) is 2.70. The van der Waals surface area contributed by atoms with Crippen molar-refractivity contribution in [1.29, 1.82) is 0 Å². The van der Waals surface area contributed by atoms with Gasteiger partial charge in [0.25, 0.3) is 0 Å². The van der Waals surface area contributed by atoms with Crippen molar-refractivity contribution >= 4 is 11.0 Å². The Balaban J connectivity index is 1.91. The van der Waals surface area contributed by atoms with Crippen molar-refractivity contribution in [2.75, 3.05) is 13.2 Å². The Kier molecular flexibility index (Phi) is 3.10. The quantitative estimate of drug-likeness (QED) is 0.884. The first-order chi connectivity index (χ1) is 8.75. The van der Waals surface area contributed by atoms with E-state index in [1.165, 1.54) is 0 Å². The lowest BCUT2D eigenvalue weighted by Crippen LogP contribution is -2.27. The lowest BCUT2D eigenvalue weighted by molar-refractivity contribution is 0.0562.